The summed E-state index contributed by atoms with van der Waals surface area (Å²) >= 11 is 0. The van der Waals surface area contributed by atoms with Crippen LogP contribution in [0.5, 0.6) is 0 Å². The lowest BCUT2D eigenvalue weighted by Gasteiger charge is -2.36. The van der Waals surface area contributed by atoms with E-state index < -0.39 is 50.0 Å². The van der Waals surface area contributed by atoms with Gasteiger partial charge in [-0.05, 0) is 6.42 Å². The van der Waals surface area contributed by atoms with Gasteiger partial charge in [0.2, 0.25) is 0 Å². The monoisotopic (exact) mass is 296 g/mol. The number of aliphatic hydroxyl groups excluding tert-OH is 6. The van der Waals surface area contributed by atoms with E-state index in [-0.39, 0.29) is 13.2 Å². The maximum Gasteiger partial charge on any atom is 0.0662 e. The summed E-state index contributed by atoms with van der Waals surface area (Å²) in [4.78, 5) is 0. The van der Waals surface area contributed by atoms with Crippen LogP contribution in [0.2, 0.25) is 0 Å². The van der Waals surface area contributed by atoms with E-state index in [4.69, 9.17) is 20.1 Å². The quantitative estimate of drug-likeness (QED) is 0.248. The maximum absolute atomic E-state index is 10.0. The second kappa shape index (κ2) is 9.62. The molecule has 0 saturated carbocycles. The van der Waals surface area contributed by atoms with Crippen LogP contribution in [0.3, 0.4) is 0 Å². The molecule has 7 nitrogen and oxygen atoms in total. The molecule has 0 radical (unpaired) electrons. The van der Waals surface area contributed by atoms with Crippen molar-refractivity contribution in [1.82, 2.24) is 0 Å². The molecule has 0 bridgehead atoms. The van der Waals surface area contributed by atoms with Crippen LogP contribution in [0.4, 0.5) is 0 Å². The molecule has 0 amide bonds. The molecule has 1 unspecified atom stereocenters. The topological polar surface area (TPSA) is 131 Å². The van der Waals surface area contributed by atoms with Crippen LogP contribution in [0, 0.1) is 10.8 Å². The van der Waals surface area contributed by atoms with Crippen LogP contribution in [0.1, 0.15) is 19.8 Å². The normalized spacial score (nSPS) is 14.6. The molecule has 0 aliphatic heterocycles. The summed E-state index contributed by atoms with van der Waals surface area (Å²) in [5.74, 6) is 0. The molecule has 0 fully saturated rings. The zero-order chi connectivity index (χ0) is 15.6. The van der Waals surface area contributed by atoms with Crippen molar-refractivity contribution in [2.45, 2.75) is 25.9 Å². The first-order valence-corrected chi connectivity index (χ1v) is 6.80. The summed E-state index contributed by atoms with van der Waals surface area (Å²) in [5.41, 5.74) is -2.37. The summed E-state index contributed by atoms with van der Waals surface area (Å²) in [6.45, 7) is -0.670. The third-order valence-corrected chi connectivity index (χ3v) is 3.70. The molecule has 0 aromatic carbocycles. The minimum absolute atomic E-state index is 0.136. The molecule has 0 aliphatic rings. The molecular formula is C13H28O7. The lowest BCUT2D eigenvalue weighted by atomic mass is 9.82. The summed E-state index contributed by atoms with van der Waals surface area (Å²) in [5, 5.41) is 56.4. The Balaban J connectivity index is 4.62. The van der Waals surface area contributed by atoms with Gasteiger partial charge < -0.3 is 35.4 Å². The molecule has 6 N–H and O–H groups in total. The predicted octanol–water partition coefficient (Wildman–Crippen LogP) is -1.90. The Kier molecular flexibility index (Phi) is 9.48. The number of aliphatic hydroxyl groups is 6. The van der Waals surface area contributed by atoms with E-state index in [1.54, 1.807) is 0 Å². The minimum atomic E-state index is -1.19. The summed E-state index contributed by atoms with van der Waals surface area (Å²) < 4.78 is 5.33. The largest absolute Gasteiger partial charge is 0.396 e. The van der Waals surface area contributed by atoms with E-state index in [0.29, 0.717) is 12.8 Å². The Bertz CT molecular complexity index is 231. The number of ether oxygens (including phenoxy) is 1. The molecule has 1 atom stereocenters. The zero-order valence-corrected chi connectivity index (χ0v) is 12.0. The van der Waals surface area contributed by atoms with Crippen molar-refractivity contribution in [1.29, 1.82) is 0 Å². The van der Waals surface area contributed by atoms with Crippen molar-refractivity contribution >= 4 is 0 Å². The van der Waals surface area contributed by atoms with Crippen LogP contribution < -0.4 is 0 Å². The van der Waals surface area contributed by atoms with Gasteiger partial charge in [-0.3, -0.25) is 0 Å². The fourth-order valence-electron chi connectivity index (χ4n) is 1.79. The van der Waals surface area contributed by atoms with Gasteiger partial charge in [0.25, 0.3) is 0 Å². The predicted molar refractivity (Wildman–Crippen MR) is 72.0 cm³/mol. The Morgan fingerprint density at radius 2 is 1.35 bits per heavy atom. The van der Waals surface area contributed by atoms with E-state index in [9.17, 15) is 15.3 Å². The third kappa shape index (κ3) is 4.92. The van der Waals surface area contributed by atoms with Gasteiger partial charge in [-0.2, -0.15) is 0 Å². The smallest absolute Gasteiger partial charge is 0.0662 e. The molecular weight excluding hydrogens is 268 g/mol. The second-order valence-electron chi connectivity index (χ2n) is 5.45. The van der Waals surface area contributed by atoms with Crippen molar-refractivity contribution in [3.63, 3.8) is 0 Å². The van der Waals surface area contributed by atoms with Crippen LogP contribution in [0.15, 0.2) is 0 Å². The average Bonchev–Trinajstić information content (AvgIpc) is 2.49. The van der Waals surface area contributed by atoms with E-state index >= 15 is 0 Å². The van der Waals surface area contributed by atoms with Crippen molar-refractivity contribution < 1.29 is 35.4 Å². The van der Waals surface area contributed by atoms with Crippen molar-refractivity contribution in [2.75, 3.05) is 46.2 Å². The lowest BCUT2D eigenvalue weighted by molar-refractivity contribution is -0.128. The number of hydrogen-bond acceptors (Lipinski definition) is 7. The van der Waals surface area contributed by atoms with Gasteiger partial charge in [0.1, 0.15) is 0 Å². The summed E-state index contributed by atoms with van der Waals surface area (Å²) in [7, 11) is 0. The van der Waals surface area contributed by atoms with Crippen LogP contribution in [-0.4, -0.2) is 83.0 Å². The highest BCUT2D eigenvalue weighted by Gasteiger charge is 2.38. The van der Waals surface area contributed by atoms with Gasteiger partial charge in [-0.15, -0.1) is 0 Å². The molecule has 20 heavy (non-hydrogen) atoms. The molecule has 0 spiro atoms. The molecule has 122 valence electrons. The highest BCUT2D eigenvalue weighted by Crippen LogP contribution is 2.26. The molecule has 0 aliphatic carbocycles. The van der Waals surface area contributed by atoms with Gasteiger partial charge in [0, 0.05) is 0 Å². The third-order valence-electron chi connectivity index (χ3n) is 3.70. The van der Waals surface area contributed by atoms with Gasteiger partial charge in [-0.1, -0.05) is 13.3 Å². The second-order valence-corrected chi connectivity index (χ2v) is 5.45. The molecule has 7 heteroatoms. The molecule has 0 heterocycles. The zero-order valence-electron chi connectivity index (χ0n) is 12.0. The fraction of sp³-hybridized carbons (Fsp3) is 1.00. The Morgan fingerprint density at radius 1 is 0.850 bits per heavy atom. The Labute approximate surface area is 119 Å². The SMILES string of the molecule is CCCC(O)C(CO)(CO)COCC(CO)(CO)CO. The van der Waals surface area contributed by atoms with Crippen molar-refractivity contribution in [3.8, 4) is 0 Å². The van der Waals surface area contributed by atoms with Crippen LogP contribution >= 0.6 is 0 Å². The van der Waals surface area contributed by atoms with E-state index in [2.05, 4.69) is 0 Å². The Hall–Kier alpha value is -0.280. The fourth-order valence-corrected chi connectivity index (χ4v) is 1.79. The van der Waals surface area contributed by atoms with E-state index in [0.717, 1.165) is 0 Å². The molecule has 0 aromatic rings. The lowest BCUT2D eigenvalue weighted by Crippen LogP contribution is -2.47. The minimum Gasteiger partial charge on any atom is -0.396 e. The molecule has 0 rings (SSSR count). The van der Waals surface area contributed by atoms with Gasteiger partial charge in [0.15, 0.2) is 0 Å². The average molecular weight is 296 g/mol. The van der Waals surface area contributed by atoms with Crippen LogP contribution in [0.25, 0.3) is 0 Å². The van der Waals surface area contributed by atoms with Crippen molar-refractivity contribution in [2.24, 2.45) is 10.8 Å². The van der Waals surface area contributed by atoms with Gasteiger partial charge >= 0.3 is 0 Å². The van der Waals surface area contributed by atoms with Gasteiger partial charge in [0.05, 0.1) is 63.2 Å². The van der Waals surface area contributed by atoms with E-state index in [1.807, 2.05) is 6.92 Å². The van der Waals surface area contributed by atoms with E-state index in [1.165, 1.54) is 0 Å². The van der Waals surface area contributed by atoms with Crippen LogP contribution in [-0.2, 0) is 4.74 Å². The number of hydrogen-bond donors (Lipinski definition) is 6. The summed E-state index contributed by atoms with van der Waals surface area (Å²) in [6.07, 6.45) is 0.182. The molecule has 0 aromatic heterocycles. The first-order valence-electron chi connectivity index (χ1n) is 6.80. The highest BCUT2D eigenvalue weighted by atomic mass is 16.5. The number of rotatable bonds is 12. The van der Waals surface area contributed by atoms with Crippen molar-refractivity contribution in [3.05, 3.63) is 0 Å². The first-order chi connectivity index (χ1) is 9.49. The highest BCUT2D eigenvalue weighted by molar-refractivity contribution is 4.86. The molecule has 0 saturated heterocycles. The maximum atomic E-state index is 10.0. The Morgan fingerprint density at radius 3 is 1.70 bits per heavy atom. The standard InChI is InChI=1S/C13H28O7/c1-2-3-11(19)13(7-17,8-18)10-20-9-12(4-14,5-15)6-16/h11,14-19H,2-10H2,1H3. The summed E-state index contributed by atoms with van der Waals surface area (Å²) in [6, 6.07) is 0. The first kappa shape index (κ1) is 19.7. The van der Waals surface area contributed by atoms with Gasteiger partial charge in [-0.25, -0.2) is 0 Å².